The maximum atomic E-state index is 12.3. The van der Waals surface area contributed by atoms with E-state index in [1.54, 1.807) is 12.1 Å². The molecule has 2 unspecified atom stereocenters. The Hall–Kier alpha value is -0.910. The molecule has 0 heterocycles. The summed E-state index contributed by atoms with van der Waals surface area (Å²) in [6.07, 6.45) is 4.95. The van der Waals surface area contributed by atoms with Crippen LogP contribution in [-0.2, 0) is 16.4 Å². The van der Waals surface area contributed by atoms with Crippen molar-refractivity contribution in [2.24, 2.45) is 11.7 Å². The van der Waals surface area contributed by atoms with Crippen molar-refractivity contribution in [1.29, 1.82) is 0 Å². The van der Waals surface area contributed by atoms with Crippen LogP contribution in [0.15, 0.2) is 29.2 Å². The fourth-order valence-corrected chi connectivity index (χ4v) is 4.11. The third-order valence-electron chi connectivity index (χ3n) is 3.92. The minimum atomic E-state index is -3.40. The number of nitrogens with one attached hydrogen (secondary N) is 1. The third kappa shape index (κ3) is 4.04. The predicted molar refractivity (Wildman–Crippen MR) is 80.9 cm³/mol. The Kier molecular flexibility index (Phi) is 5.18. The van der Waals surface area contributed by atoms with E-state index in [1.165, 1.54) is 6.42 Å². The van der Waals surface area contributed by atoms with E-state index in [1.807, 2.05) is 12.1 Å². The van der Waals surface area contributed by atoms with Crippen molar-refractivity contribution in [1.82, 2.24) is 4.72 Å². The molecular weight excluding hydrogens is 272 g/mol. The summed E-state index contributed by atoms with van der Waals surface area (Å²) in [5.74, 6) is 0.600. The van der Waals surface area contributed by atoms with Gasteiger partial charge in [-0.15, -0.1) is 0 Å². The zero-order valence-electron chi connectivity index (χ0n) is 12.0. The average Bonchev–Trinajstić information content (AvgIpc) is 2.39. The number of benzene rings is 1. The summed E-state index contributed by atoms with van der Waals surface area (Å²) < 4.78 is 27.5. The van der Waals surface area contributed by atoms with Crippen LogP contribution < -0.4 is 10.5 Å². The fraction of sp³-hybridized carbons (Fsp3) is 0.600. The second kappa shape index (κ2) is 6.70. The largest absolute Gasteiger partial charge is 0.330 e. The summed E-state index contributed by atoms with van der Waals surface area (Å²) in [5.41, 5.74) is 6.56. The Morgan fingerprint density at radius 3 is 2.55 bits per heavy atom. The molecule has 0 radical (unpaired) electrons. The first-order valence-corrected chi connectivity index (χ1v) is 8.81. The van der Waals surface area contributed by atoms with Crippen LogP contribution in [0.3, 0.4) is 0 Å². The highest BCUT2D eigenvalue weighted by Crippen LogP contribution is 2.25. The molecule has 0 spiro atoms. The third-order valence-corrected chi connectivity index (χ3v) is 5.46. The van der Waals surface area contributed by atoms with Crippen molar-refractivity contribution in [3.63, 3.8) is 0 Å². The van der Waals surface area contributed by atoms with Crippen LogP contribution in [0.1, 0.15) is 38.2 Å². The van der Waals surface area contributed by atoms with Crippen LogP contribution in [0, 0.1) is 5.92 Å². The van der Waals surface area contributed by atoms with Crippen molar-refractivity contribution in [2.75, 3.05) is 6.54 Å². The number of hydrogen-bond acceptors (Lipinski definition) is 3. The molecule has 4 nitrogen and oxygen atoms in total. The standard InChI is InChI=1S/C15H24N2O2S/c1-12-3-2-4-14(11-12)17-20(18,19)15-7-5-13(6-8-15)9-10-16/h5-8,12,14,17H,2-4,9-11,16H2,1H3. The first-order valence-electron chi connectivity index (χ1n) is 7.32. The van der Waals surface area contributed by atoms with Gasteiger partial charge in [0.15, 0.2) is 0 Å². The highest BCUT2D eigenvalue weighted by atomic mass is 32.2. The SMILES string of the molecule is CC1CCCC(NS(=O)(=O)c2ccc(CCN)cc2)C1. The molecule has 1 aliphatic rings. The lowest BCUT2D eigenvalue weighted by atomic mass is 9.88. The second-order valence-corrected chi connectivity index (χ2v) is 7.49. The van der Waals surface area contributed by atoms with Gasteiger partial charge in [-0.05, 0) is 49.4 Å². The van der Waals surface area contributed by atoms with Gasteiger partial charge in [-0.25, -0.2) is 13.1 Å². The zero-order valence-corrected chi connectivity index (χ0v) is 12.8. The molecule has 1 aromatic rings. The molecule has 20 heavy (non-hydrogen) atoms. The Morgan fingerprint density at radius 2 is 1.95 bits per heavy atom. The quantitative estimate of drug-likeness (QED) is 0.873. The van der Waals surface area contributed by atoms with Crippen molar-refractivity contribution >= 4 is 10.0 Å². The fourth-order valence-electron chi connectivity index (χ4n) is 2.83. The van der Waals surface area contributed by atoms with Crippen molar-refractivity contribution in [3.05, 3.63) is 29.8 Å². The first kappa shape index (κ1) is 15.5. The van der Waals surface area contributed by atoms with Crippen LogP contribution in [0.2, 0.25) is 0 Å². The monoisotopic (exact) mass is 296 g/mol. The predicted octanol–water partition coefficient (Wildman–Crippen LogP) is 2.04. The topological polar surface area (TPSA) is 72.2 Å². The van der Waals surface area contributed by atoms with E-state index >= 15 is 0 Å². The van der Waals surface area contributed by atoms with Crippen LogP contribution in [0.4, 0.5) is 0 Å². The van der Waals surface area contributed by atoms with Gasteiger partial charge >= 0.3 is 0 Å². The summed E-state index contributed by atoms with van der Waals surface area (Å²) in [6.45, 7) is 2.76. The van der Waals surface area contributed by atoms with Gasteiger partial charge in [-0.2, -0.15) is 0 Å². The normalized spacial score (nSPS) is 23.7. The van der Waals surface area contributed by atoms with E-state index in [4.69, 9.17) is 5.73 Å². The minimum Gasteiger partial charge on any atom is -0.330 e. The molecule has 2 rings (SSSR count). The molecule has 1 aromatic carbocycles. The summed E-state index contributed by atoms with van der Waals surface area (Å²) in [5, 5.41) is 0. The molecule has 1 fully saturated rings. The van der Waals surface area contributed by atoms with E-state index in [9.17, 15) is 8.42 Å². The molecule has 1 saturated carbocycles. The molecule has 0 saturated heterocycles. The maximum absolute atomic E-state index is 12.3. The van der Waals surface area contributed by atoms with Gasteiger partial charge in [0, 0.05) is 6.04 Å². The highest BCUT2D eigenvalue weighted by Gasteiger charge is 2.24. The van der Waals surface area contributed by atoms with Crippen LogP contribution in [-0.4, -0.2) is 21.0 Å². The Balaban J connectivity index is 2.05. The first-order chi connectivity index (χ1) is 9.51. The summed E-state index contributed by atoms with van der Waals surface area (Å²) >= 11 is 0. The Morgan fingerprint density at radius 1 is 1.25 bits per heavy atom. The van der Waals surface area contributed by atoms with Crippen LogP contribution in [0.25, 0.3) is 0 Å². The molecule has 0 bridgehead atoms. The molecule has 112 valence electrons. The lowest BCUT2D eigenvalue weighted by Gasteiger charge is -2.27. The molecule has 0 amide bonds. The molecule has 5 heteroatoms. The van der Waals surface area contributed by atoms with Gasteiger partial charge in [0.2, 0.25) is 10.0 Å². The number of nitrogens with two attached hydrogens (primary N) is 1. The van der Waals surface area contributed by atoms with Crippen molar-refractivity contribution < 1.29 is 8.42 Å². The van der Waals surface area contributed by atoms with Crippen LogP contribution in [0.5, 0.6) is 0 Å². The molecule has 3 N–H and O–H groups in total. The van der Waals surface area contributed by atoms with Gasteiger partial charge < -0.3 is 5.73 Å². The average molecular weight is 296 g/mol. The number of sulfonamides is 1. The Labute approximate surface area is 121 Å². The smallest absolute Gasteiger partial charge is 0.240 e. The van der Waals surface area contributed by atoms with Crippen molar-refractivity contribution in [2.45, 2.75) is 50.0 Å². The van der Waals surface area contributed by atoms with Crippen molar-refractivity contribution in [3.8, 4) is 0 Å². The highest BCUT2D eigenvalue weighted by molar-refractivity contribution is 7.89. The molecule has 0 aliphatic heterocycles. The van der Waals surface area contributed by atoms with E-state index in [0.717, 1.165) is 31.2 Å². The van der Waals surface area contributed by atoms with Gasteiger partial charge in [0.1, 0.15) is 0 Å². The van der Waals surface area contributed by atoms with Gasteiger partial charge in [0.25, 0.3) is 0 Å². The van der Waals surface area contributed by atoms with E-state index in [2.05, 4.69) is 11.6 Å². The lowest BCUT2D eigenvalue weighted by molar-refractivity contribution is 0.327. The summed E-state index contributed by atoms with van der Waals surface area (Å²) in [4.78, 5) is 0.344. The maximum Gasteiger partial charge on any atom is 0.240 e. The molecule has 0 aromatic heterocycles. The molecule has 2 atom stereocenters. The lowest BCUT2D eigenvalue weighted by Crippen LogP contribution is -2.37. The van der Waals surface area contributed by atoms with Gasteiger partial charge in [-0.3, -0.25) is 0 Å². The number of hydrogen-bond donors (Lipinski definition) is 2. The van der Waals surface area contributed by atoms with Gasteiger partial charge in [0.05, 0.1) is 4.90 Å². The summed E-state index contributed by atoms with van der Waals surface area (Å²) in [6, 6.07) is 7.09. The Bertz CT molecular complexity index is 525. The van der Waals surface area contributed by atoms with E-state index in [0.29, 0.717) is 17.4 Å². The van der Waals surface area contributed by atoms with E-state index < -0.39 is 10.0 Å². The van der Waals surface area contributed by atoms with Crippen LogP contribution >= 0.6 is 0 Å². The summed E-state index contributed by atoms with van der Waals surface area (Å²) in [7, 11) is -3.40. The zero-order chi connectivity index (χ0) is 14.6. The number of rotatable bonds is 5. The molecule has 1 aliphatic carbocycles. The van der Waals surface area contributed by atoms with Gasteiger partial charge in [-0.1, -0.05) is 31.9 Å². The molecular formula is C15H24N2O2S. The second-order valence-electron chi connectivity index (χ2n) is 5.77. The van der Waals surface area contributed by atoms with E-state index in [-0.39, 0.29) is 6.04 Å². The minimum absolute atomic E-state index is 0.0764.